The molecule has 1 aliphatic rings. The van der Waals surface area contributed by atoms with Gasteiger partial charge < -0.3 is 10.0 Å². The topological polar surface area (TPSA) is 26.5 Å². The molecule has 0 saturated carbocycles. The molecule has 0 fully saturated rings. The van der Waals surface area contributed by atoms with Crippen molar-refractivity contribution in [3.05, 3.63) is 83.7 Å². The second kappa shape index (κ2) is 8.16. The molecule has 0 heterocycles. The third-order valence-corrected chi connectivity index (χ3v) is 3.71. The molecule has 1 aromatic carbocycles. The predicted molar refractivity (Wildman–Crippen MR) is 104 cm³/mol. The van der Waals surface area contributed by atoms with E-state index in [4.69, 9.17) is 0 Å². The van der Waals surface area contributed by atoms with Crippen molar-refractivity contribution < 1.29 is 9.68 Å². The highest BCUT2D eigenvalue weighted by molar-refractivity contribution is 6.02. The Balaban J connectivity index is 2.02. The molecule has 0 unspecified atom stereocenters. The van der Waals surface area contributed by atoms with Crippen molar-refractivity contribution >= 4 is 17.5 Å². The van der Waals surface area contributed by atoms with E-state index in [1.54, 1.807) is 12.2 Å². The van der Waals surface area contributed by atoms with Crippen LogP contribution in [0.5, 0.6) is 0 Å². The van der Waals surface area contributed by atoms with Crippen LogP contribution in [0, 0.1) is 0 Å². The van der Waals surface area contributed by atoms with Crippen molar-refractivity contribution in [1.29, 1.82) is 0 Å². The summed E-state index contributed by atoms with van der Waals surface area (Å²) in [5.41, 5.74) is 4.41. The van der Waals surface area contributed by atoms with Crippen molar-refractivity contribution in [2.75, 3.05) is 33.1 Å². The van der Waals surface area contributed by atoms with E-state index in [9.17, 15) is 5.11 Å². The summed E-state index contributed by atoms with van der Waals surface area (Å²) in [6.45, 7) is 0. The fourth-order valence-corrected chi connectivity index (χ4v) is 2.19. The van der Waals surface area contributed by atoms with E-state index < -0.39 is 0 Å². The van der Waals surface area contributed by atoms with Crippen LogP contribution in [0.4, 0.5) is 5.69 Å². The Kier molecular flexibility index (Phi) is 5.96. The average Bonchev–Trinajstić information content (AvgIpc) is 2.58. The van der Waals surface area contributed by atoms with E-state index in [0.29, 0.717) is 0 Å². The lowest BCUT2D eigenvalue weighted by Crippen LogP contribution is -2.09. The maximum absolute atomic E-state index is 9.98. The lowest BCUT2D eigenvalue weighted by molar-refractivity contribution is -0.462. The van der Waals surface area contributed by atoms with Crippen molar-refractivity contribution in [2.24, 2.45) is 0 Å². The van der Waals surface area contributed by atoms with Crippen LogP contribution in [-0.4, -0.2) is 43.6 Å². The molecular weight excluding hydrogens is 296 g/mol. The minimum absolute atomic E-state index is 0.225. The molecule has 1 N–H and O–H groups in total. The fourth-order valence-electron chi connectivity index (χ4n) is 2.19. The van der Waals surface area contributed by atoms with Gasteiger partial charge in [-0.2, -0.15) is 0 Å². The molecule has 3 nitrogen and oxygen atoms in total. The second-order valence-electron chi connectivity index (χ2n) is 6.06. The zero-order chi connectivity index (χ0) is 17.5. The van der Waals surface area contributed by atoms with Crippen molar-refractivity contribution in [3.63, 3.8) is 0 Å². The third kappa shape index (κ3) is 5.13. The van der Waals surface area contributed by atoms with Gasteiger partial charge in [-0.15, -0.1) is 0 Å². The monoisotopic (exact) mass is 321 g/mol. The number of hydrogen-bond acceptors (Lipinski definition) is 2. The smallest absolute Gasteiger partial charge is 0.199 e. The first-order valence-electron chi connectivity index (χ1n) is 7.92. The van der Waals surface area contributed by atoms with Gasteiger partial charge in [-0.25, -0.2) is 4.58 Å². The van der Waals surface area contributed by atoms with Gasteiger partial charge in [0, 0.05) is 31.9 Å². The Labute approximate surface area is 144 Å². The van der Waals surface area contributed by atoms with Gasteiger partial charge in [0.1, 0.15) is 19.9 Å². The Bertz CT molecular complexity index is 736. The molecule has 0 amide bonds. The van der Waals surface area contributed by atoms with Crippen molar-refractivity contribution in [1.82, 2.24) is 0 Å². The van der Waals surface area contributed by atoms with Crippen LogP contribution < -0.4 is 4.90 Å². The number of hydrogen-bond donors (Lipinski definition) is 1. The van der Waals surface area contributed by atoms with E-state index in [-0.39, 0.29) is 5.76 Å². The van der Waals surface area contributed by atoms with E-state index in [2.05, 4.69) is 33.8 Å². The largest absolute Gasteiger partial charge is 0.508 e. The molecule has 0 radical (unpaired) electrons. The molecule has 0 spiro atoms. The van der Waals surface area contributed by atoms with E-state index >= 15 is 0 Å². The number of benzene rings is 1. The highest BCUT2D eigenvalue weighted by atomic mass is 16.3. The van der Waals surface area contributed by atoms with Gasteiger partial charge in [0.05, 0.1) is 0 Å². The summed E-state index contributed by atoms with van der Waals surface area (Å²) in [6.07, 6.45) is 15.4. The van der Waals surface area contributed by atoms with Crippen LogP contribution >= 0.6 is 0 Å². The molecule has 0 bridgehead atoms. The van der Waals surface area contributed by atoms with Crippen LogP contribution in [-0.2, 0) is 0 Å². The number of rotatable bonds is 4. The minimum Gasteiger partial charge on any atom is -0.508 e. The summed E-state index contributed by atoms with van der Waals surface area (Å²) in [7, 11) is 8.06. The molecule has 1 aliphatic carbocycles. The normalized spacial score (nSPS) is 14.4. The fraction of sp³-hybridized carbons (Fsp3) is 0.190. The zero-order valence-electron chi connectivity index (χ0n) is 14.8. The molecule has 0 aliphatic heterocycles. The van der Waals surface area contributed by atoms with Gasteiger partial charge in [-0.1, -0.05) is 24.3 Å². The number of anilines is 1. The van der Waals surface area contributed by atoms with E-state index in [1.165, 1.54) is 0 Å². The predicted octanol–water partition coefficient (Wildman–Crippen LogP) is 3.97. The Morgan fingerprint density at radius 1 is 1.00 bits per heavy atom. The van der Waals surface area contributed by atoms with Crippen LogP contribution in [0.3, 0.4) is 0 Å². The maximum Gasteiger partial charge on any atom is 0.199 e. The Morgan fingerprint density at radius 3 is 2.17 bits per heavy atom. The molecular formula is C21H25N2O+. The van der Waals surface area contributed by atoms with Gasteiger partial charge in [0.15, 0.2) is 5.71 Å². The first-order valence-corrected chi connectivity index (χ1v) is 7.92. The first kappa shape index (κ1) is 17.5. The summed E-state index contributed by atoms with van der Waals surface area (Å²) in [5.74, 6) is 0.225. The highest BCUT2D eigenvalue weighted by Gasteiger charge is 2.03. The van der Waals surface area contributed by atoms with Crippen molar-refractivity contribution in [3.8, 4) is 0 Å². The molecule has 24 heavy (non-hydrogen) atoms. The summed E-state index contributed by atoms with van der Waals surface area (Å²) in [6, 6.07) is 8.17. The number of aliphatic hydroxyl groups excluding tert-OH is 1. The number of aliphatic hydroxyl groups is 1. The van der Waals surface area contributed by atoms with Crippen LogP contribution in [0.25, 0.3) is 6.08 Å². The molecule has 124 valence electrons. The van der Waals surface area contributed by atoms with Crippen LogP contribution in [0.1, 0.15) is 5.56 Å². The average molecular weight is 321 g/mol. The number of nitrogens with zero attached hydrogens (tertiary/aromatic N) is 2. The van der Waals surface area contributed by atoms with Gasteiger partial charge in [-0.3, -0.25) is 0 Å². The maximum atomic E-state index is 9.98. The molecule has 0 atom stereocenters. The molecule has 3 heteroatoms. The molecule has 0 saturated heterocycles. The quantitative estimate of drug-likeness (QED) is 0.516. The highest BCUT2D eigenvalue weighted by Crippen LogP contribution is 2.14. The Hall–Kier alpha value is -2.81. The van der Waals surface area contributed by atoms with Gasteiger partial charge >= 0.3 is 0 Å². The van der Waals surface area contributed by atoms with Gasteiger partial charge in [0.25, 0.3) is 0 Å². The standard InChI is InChI=1S/C21H24N2O/c1-22(2)19-11-5-17(6-12-19)9-15-21(24)16-10-18-7-13-20(14-8-18)23(3)4/h5-16H,1-4H3/p+1/b15-9+. The zero-order valence-corrected chi connectivity index (χ0v) is 14.8. The van der Waals surface area contributed by atoms with Crippen LogP contribution in [0.15, 0.2) is 78.1 Å². The minimum atomic E-state index is 0.225. The second-order valence-corrected chi connectivity index (χ2v) is 6.06. The molecule has 2 rings (SSSR count). The van der Waals surface area contributed by atoms with E-state index in [1.807, 2.05) is 64.6 Å². The van der Waals surface area contributed by atoms with Gasteiger partial charge in [-0.05, 0) is 47.6 Å². The summed E-state index contributed by atoms with van der Waals surface area (Å²) in [5, 5.41) is 9.98. The lowest BCUT2D eigenvalue weighted by Gasteiger charge is -2.11. The first-order chi connectivity index (χ1) is 11.5. The third-order valence-electron chi connectivity index (χ3n) is 3.71. The molecule has 1 aromatic rings. The SMILES string of the molecule is CN(C)c1ccc(/C=C/C(O)=C/C=C2C=CC(=[N+](C)C)C=C2)cc1. The van der Waals surface area contributed by atoms with Crippen molar-refractivity contribution in [2.45, 2.75) is 0 Å². The lowest BCUT2D eigenvalue weighted by atomic mass is 10.1. The summed E-state index contributed by atoms with van der Waals surface area (Å²) in [4.78, 5) is 2.06. The summed E-state index contributed by atoms with van der Waals surface area (Å²) < 4.78 is 2.06. The Morgan fingerprint density at radius 2 is 1.62 bits per heavy atom. The van der Waals surface area contributed by atoms with Crippen LogP contribution in [0.2, 0.25) is 0 Å². The van der Waals surface area contributed by atoms with E-state index in [0.717, 1.165) is 22.5 Å². The van der Waals surface area contributed by atoms with Gasteiger partial charge in [0.2, 0.25) is 0 Å². The summed E-state index contributed by atoms with van der Waals surface area (Å²) >= 11 is 0. The molecule has 0 aromatic heterocycles. The number of allylic oxidation sites excluding steroid dienone is 8.